The molecule has 8 rings (SSSR count). The maximum atomic E-state index is 14.4. The number of para-hydroxylation sites is 1. The fourth-order valence-electron chi connectivity index (χ4n) is 12.0. The van der Waals surface area contributed by atoms with Crippen LogP contribution in [0, 0.1) is 5.92 Å². The summed E-state index contributed by atoms with van der Waals surface area (Å²) in [6.45, 7) is 10.4. The number of aryl methyl sites for hydroxylation is 1. The Morgan fingerprint density at radius 1 is 0.866 bits per heavy atom. The number of aliphatic hydroxyl groups is 1. The molecule has 0 saturated carbocycles. The lowest BCUT2D eigenvalue weighted by Crippen LogP contribution is -2.50. The maximum absolute atomic E-state index is 14.4. The van der Waals surface area contributed by atoms with Gasteiger partial charge in [-0.2, -0.15) is 0 Å². The van der Waals surface area contributed by atoms with E-state index >= 15 is 0 Å². The third kappa shape index (κ3) is 19.8. The summed E-state index contributed by atoms with van der Waals surface area (Å²) in [5.74, 6) is -1.97. The standard InChI is InChI=1S/C71H92ClN9O15S/c1-45(19-17-18-32-89-9)37-48-38-57(65(72)59(39-48)90-10)79(7)64(85)42-60(71(4)66(96-71)46(2)58-41-62(83)76-69(87)94-58)95-67(86)47(3)78(6)63(84)27-33-91-35-36-92-34-30-75-68(97)74-29-28-73-61(82)26-31-81-50(40-49-20-11-16-25-56(49)81)43-77(5)80(8)70(88)93-44-55-53-23-14-12-21-51(53)52-22-13-15-24-54(52)55/h11-25,38-40,46-47,55,58,60,62,66,83H,26-37,41-44H2,1-10H3,(H,73,82)(H,76,87)(H2,74,75,97). The molecular formula is C71H92ClN9O15S. The predicted octanol–water partition coefficient (Wildman–Crippen LogP) is 8.04. The monoisotopic (exact) mass is 1380 g/mol. The lowest BCUT2D eigenvalue weighted by Gasteiger charge is -2.32. The van der Waals surface area contributed by atoms with Crippen LogP contribution in [-0.4, -0.2) is 203 Å². The average molecular weight is 1380 g/mol. The van der Waals surface area contributed by atoms with Crippen molar-refractivity contribution in [2.45, 2.75) is 115 Å². The molecule has 26 heteroatoms. The van der Waals surface area contributed by atoms with Gasteiger partial charge in [-0.25, -0.2) is 24.4 Å². The minimum atomic E-state index is -1.25. The number of aliphatic hydroxyl groups excluding tert-OH is 1. The number of carbonyl (C=O) groups excluding carboxylic acids is 6. The summed E-state index contributed by atoms with van der Waals surface area (Å²) in [4.78, 5) is 83.3. The Hall–Kier alpha value is -8.14. The van der Waals surface area contributed by atoms with Crippen LogP contribution in [0.4, 0.5) is 15.3 Å². The smallest absolute Gasteiger partial charge is 0.424 e. The number of hydrogen-bond acceptors (Lipinski definition) is 17. The van der Waals surface area contributed by atoms with Crippen molar-refractivity contribution in [2.75, 3.05) is 107 Å². The number of cyclic esters (lactones) is 1. The Labute approximate surface area is 577 Å². The number of allylic oxidation sites excluding steroid dienone is 3. The second-order valence-corrected chi connectivity index (χ2v) is 25.4. The number of benzene rings is 4. The average Bonchev–Trinajstić information content (AvgIpc) is 1.59. The fraction of sp³-hybridized carbons (Fsp3) is 0.479. The maximum Gasteiger partial charge on any atom is 0.424 e. The Morgan fingerprint density at radius 2 is 1.54 bits per heavy atom. The summed E-state index contributed by atoms with van der Waals surface area (Å²) in [7, 11) is 9.66. The highest BCUT2D eigenvalue weighted by atomic mass is 35.5. The molecule has 97 heavy (non-hydrogen) atoms. The molecule has 0 spiro atoms. The first-order valence-corrected chi connectivity index (χ1v) is 33.4. The third-order valence-electron chi connectivity index (χ3n) is 17.9. The molecule has 5 amide bonds. The molecule has 7 atom stereocenters. The molecule has 5 aromatic rings. The number of esters is 1. The van der Waals surface area contributed by atoms with Crippen LogP contribution in [0.3, 0.4) is 0 Å². The normalized spacial score (nSPS) is 18.3. The second-order valence-electron chi connectivity index (χ2n) is 24.6. The number of halogens is 1. The van der Waals surface area contributed by atoms with E-state index in [1.54, 1.807) is 52.2 Å². The van der Waals surface area contributed by atoms with Gasteiger partial charge < -0.3 is 73.3 Å². The van der Waals surface area contributed by atoms with E-state index in [0.717, 1.165) is 50.0 Å². The molecule has 2 fully saturated rings. The van der Waals surface area contributed by atoms with Crippen molar-refractivity contribution < 1.29 is 71.8 Å². The van der Waals surface area contributed by atoms with Crippen LogP contribution in [-0.2, 0) is 71.8 Å². The number of methoxy groups -OCH3 is 2. The van der Waals surface area contributed by atoms with Gasteiger partial charge in [-0.05, 0) is 96.9 Å². The number of likely N-dealkylation sites (N-methyl/N-ethyl adjacent to an activating group) is 1. The van der Waals surface area contributed by atoms with Gasteiger partial charge in [0.05, 0.1) is 71.3 Å². The van der Waals surface area contributed by atoms with E-state index in [4.69, 9.17) is 61.7 Å². The molecule has 3 heterocycles. The molecule has 524 valence electrons. The molecule has 2 saturated heterocycles. The van der Waals surface area contributed by atoms with Gasteiger partial charge in [-0.1, -0.05) is 109 Å². The first-order valence-electron chi connectivity index (χ1n) is 32.6. The Balaban J connectivity index is 0.719. The Bertz CT molecular complexity index is 3600. The number of fused-ring (bicyclic) bond motifs is 4. The summed E-state index contributed by atoms with van der Waals surface area (Å²) >= 11 is 12.3. The second kappa shape index (κ2) is 35.4. The van der Waals surface area contributed by atoms with Crippen LogP contribution in [0.2, 0.25) is 5.02 Å². The van der Waals surface area contributed by atoms with Crippen LogP contribution >= 0.6 is 23.8 Å². The van der Waals surface area contributed by atoms with Crippen LogP contribution in [0.25, 0.3) is 22.0 Å². The minimum Gasteiger partial charge on any atom is -0.495 e. The van der Waals surface area contributed by atoms with Crippen molar-refractivity contribution in [3.05, 3.63) is 142 Å². The zero-order valence-corrected chi connectivity index (χ0v) is 58.5. The molecule has 0 bridgehead atoms. The number of epoxide rings is 1. The molecule has 5 N–H and O–H groups in total. The number of aromatic nitrogens is 1. The van der Waals surface area contributed by atoms with Crippen molar-refractivity contribution in [1.82, 2.24) is 40.8 Å². The van der Waals surface area contributed by atoms with Gasteiger partial charge in [0, 0.05) is 97.4 Å². The van der Waals surface area contributed by atoms with E-state index in [9.17, 15) is 33.9 Å². The fourth-order valence-corrected chi connectivity index (χ4v) is 12.6. The van der Waals surface area contributed by atoms with Gasteiger partial charge >= 0.3 is 18.2 Å². The number of alkyl carbamates (subject to hydrolysis) is 1. The number of hydrogen-bond donors (Lipinski definition) is 5. The topological polar surface area (TPSA) is 266 Å². The van der Waals surface area contributed by atoms with Crippen LogP contribution in [0.1, 0.15) is 81.7 Å². The molecule has 3 aliphatic rings. The van der Waals surface area contributed by atoms with Gasteiger partial charge in [0.15, 0.2) is 5.11 Å². The molecule has 1 aromatic heterocycles. The highest BCUT2D eigenvalue weighted by molar-refractivity contribution is 7.80. The Morgan fingerprint density at radius 3 is 2.24 bits per heavy atom. The van der Waals surface area contributed by atoms with Crippen LogP contribution in [0.5, 0.6) is 5.75 Å². The van der Waals surface area contributed by atoms with Gasteiger partial charge in [0.25, 0.3) is 0 Å². The quantitative estimate of drug-likeness (QED) is 0.00488. The summed E-state index contributed by atoms with van der Waals surface area (Å²) in [5.41, 5.74) is 7.49. The number of rotatable bonds is 35. The lowest BCUT2D eigenvalue weighted by molar-refractivity contribution is -0.162. The van der Waals surface area contributed by atoms with Gasteiger partial charge in [-0.15, -0.1) is 0 Å². The predicted molar refractivity (Wildman–Crippen MR) is 372 cm³/mol. The number of nitrogens with zero attached hydrogens (tertiary/aromatic N) is 5. The van der Waals surface area contributed by atoms with E-state index in [0.29, 0.717) is 68.9 Å². The molecule has 2 aliphatic heterocycles. The number of carbonyl (C=O) groups is 6. The van der Waals surface area contributed by atoms with Gasteiger partial charge in [-0.3, -0.25) is 19.7 Å². The number of amides is 5. The SMILES string of the molecule is COCC=CC=C(C)Cc1cc(OC)c(Cl)c(N(C)C(=O)CC(OC(=O)C(C)N(C)C(=O)CCOCCOCCNC(=S)NCCNC(=O)CCn2c(CN(C)N(C)C(=O)OCC3c4ccccc4-c4ccccc43)cc3ccccc32)C2(C)OC2C(C)C2CC(O)NC(=O)O2)c1. The van der Waals surface area contributed by atoms with Crippen LogP contribution in [0.15, 0.2) is 115 Å². The minimum absolute atomic E-state index is 0.0467. The molecule has 1 aliphatic carbocycles. The zero-order valence-electron chi connectivity index (χ0n) is 56.9. The van der Waals surface area contributed by atoms with E-state index in [2.05, 4.69) is 56.2 Å². The largest absolute Gasteiger partial charge is 0.495 e. The van der Waals surface area contributed by atoms with Gasteiger partial charge in [0.2, 0.25) is 17.7 Å². The number of thiocarbonyl (C=S) groups is 1. The highest BCUT2D eigenvalue weighted by Gasteiger charge is 2.64. The molecule has 7 unspecified atom stereocenters. The van der Waals surface area contributed by atoms with Gasteiger partial charge in [0.1, 0.15) is 47.5 Å². The number of hydrazine groups is 1. The Kier molecular flexibility index (Phi) is 27.2. The highest BCUT2D eigenvalue weighted by Crippen LogP contribution is 2.49. The molecule has 24 nitrogen and oxygen atoms in total. The first kappa shape index (κ1) is 74.6. The number of nitrogens with one attached hydrogen (secondary N) is 4. The summed E-state index contributed by atoms with van der Waals surface area (Å²) < 4.78 is 48.0. The zero-order chi connectivity index (χ0) is 69.9. The van der Waals surface area contributed by atoms with E-state index in [1.165, 1.54) is 35.9 Å². The third-order valence-corrected chi connectivity index (χ3v) is 18.5. The van der Waals surface area contributed by atoms with Crippen molar-refractivity contribution in [2.24, 2.45) is 5.92 Å². The number of ether oxygens (including phenoxy) is 8. The summed E-state index contributed by atoms with van der Waals surface area (Å²) in [6.07, 6.45) is 1.17. The van der Waals surface area contributed by atoms with Crippen molar-refractivity contribution in [1.29, 1.82) is 0 Å². The van der Waals surface area contributed by atoms with Crippen molar-refractivity contribution in [3.63, 3.8) is 0 Å². The lowest BCUT2D eigenvalue weighted by atomic mass is 9.86. The van der Waals surface area contributed by atoms with E-state index in [-0.39, 0.29) is 69.0 Å². The van der Waals surface area contributed by atoms with Crippen molar-refractivity contribution in [3.8, 4) is 16.9 Å². The van der Waals surface area contributed by atoms with Crippen molar-refractivity contribution >= 4 is 81.4 Å². The van der Waals surface area contributed by atoms with E-state index in [1.807, 2.05) is 80.7 Å². The molecular weight excluding hydrogens is 1290 g/mol. The van der Waals surface area contributed by atoms with E-state index < -0.39 is 72.1 Å². The number of anilines is 1. The van der Waals surface area contributed by atoms with Crippen LogP contribution < -0.4 is 30.9 Å². The molecule has 0 radical (unpaired) electrons. The first-order chi connectivity index (χ1) is 46.5. The summed E-state index contributed by atoms with van der Waals surface area (Å²) in [6, 6.07) is 29.0. The molecule has 4 aromatic carbocycles. The summed E-state index contributed by atoms with van der Waals surface area (Å²) in [5, 5.41) is 26.6.